The van der Waals surface area contributed by atoms with Crippen molar-refractivity contribution in [3.05, 3.63) is 56.4 Å². The molecular formula is C11H7Br2FS. The molecule has 0 saturated carbocycles. The van der Waals surface area contributed by atoms with Crippen LogP contribution in [0.3, 0.4) is 0 Å². The van der Waals surface area contributed by atoms with Crippen LogP contribution in [0.4, 0.5) is 4.39 Å². The highest BCUT2D eigenvalue weighted by atomic mass is 79.9. The predicted molar refractivity (Wildman–Crippen MR) is 69.2 cm³/mol. The van der Waals surface area contributed by atoms with E-state index in [9.17, 15) is 4.39 Å². The zero-order valence-corrected chi connectivity index (χ0v) is 11.6. The van der Waals surface area contributed by atoms with Crippen LogP contribution < -0.4 is 0 Å². The first kappa shape index (κ1) is 11.3. The molecule has 1 atom stereocenters. The van der Waals surface area contributed by atoms with Gasteiger partial charge in [-0.3, -0.25) is 0 Å². The molecule has 0 aliphatic rings. The van der Waals surface area contributed by atoms with Crippen molar-refractivity contribution in [2.45, 2.75) is 4.83 Å². The van der Waals surface area contributed by atoms with Gasteiger partial charge in [0.15, 0.2) is 0 Å². The molecule has 1 unspecified atom stereocenters. The summed E-state index contributed by atoms with van der Waals surface area (Å²) in [6.45, 7) is 0. The van der Waals surface area contributed by atoms with Gasteiger partial charge in [-0.05, 0) is 35.2 Å². The monoisotopic (exact) mass is 348 g/mol. The molecule has 1 aromatic heterocycles. The third-order valence-corrected chi connectivity index (χ3v) is 4.69. The van der Waals surface area contributed by atoms with Gasteiger partial charge in [0.25, 0.3) is 0 Å². The summed E-state index contributed by atoms with van der Waals surface area (Å²) in [6.07, 6.45) is 0. The van der Waals surface area contributed by atoms with Crippen molar-refractivity contribution < 1.29 is 4.39 Å². The fourth-order valence-electron chi connectivity index (χ4n) is 1.32. The van der Waals surface area contributed by atoms with E-state index in [0.717, 1.165) is 10.0 Å². The zero-order valence-electron chi connectivity index (χ0n) is 7.58. The van der Waals surface area contributed by atoms with Crippen LogP contribution in [0.5, 0.6) is 0 Å². The highest BCUT2D eigenvalue weighted by molar-refractivity contribution is 9.10. The molecule has 0 saturated heterocycles. The average Bonchev–Trinajstić information content (AvgIpc) is 2.67. The highest BCUT2D eigenvalue weighted by Gasteiger charge is 2.12. The van der Waals surface area contributed by atoms with E-state index in [1.165, 1.54) is 10.9 Å². The summed E-state index contributed by atoms with van der Waals surface area (Å²) in [5.74, 6) is -0.222. The minimum Gasteiger partial charge on any atom is -0.207 e. The van der Waals surface area contributed by atoms with Crippen LogP contribution in [0.15, 0.2) is 40.2 Å². The van der Waals surface area contributed by atoms with Crippen molar-refractivity contribution in [2.24, 2.45) is 0 Å². The molecule has 0 aliphatic heterocycles. The molecule has 2 aromatic rings. The number of alkyl halides is 1. The molecule has 0 N–H and O–H groups in total. The van der Waals surface area contributed by atoms with Crippen LogP contribution in [0.1, 0.15) is 15.3 Å². The minimum absolute atomic E-state index is 0.0597. The van der Waals surface area contributed by atoms with Crippen LogP contribution in [0, 0.1) is 5.82 Å². The second-order valence-corrected chi connectivity index (χ2v) is 5.89. The lowest BCUT2D eigenvalue weighted by Gasteiger charge is -2.08. The summed E-state index contributed by atoms with van der Waals surface area (Å²) in [7, 11) is 0. The van der Waals surface area contributed by atoms with Gasteiger partial charge in [-0.15, -0.1) is 11.3 Å². The lowest BCUT2D eigenvalue weighted by atomic mass is 10.1. The normalized spacial score (nSPS) is 12.7. The van der Waals surface area contributed by atoms with Gasteiger partial charge in [0.1, 0.15) is 5.82 Å². The van der Waals surface area contributed by atoms with Crippen LogP contribution >= 0.6 is 43.2 Å². The molecule has 0 amide bonds. The predicted octanol–water partition coefficient (Wildman–Crippen LogP) is 5.13. The van der Waals surface area contributed by atoms with Gasteiger partial charge in [0.2, 0.25) is 0 Å². The van der Waals surface area contributed by atoms with Crippen molar-refractivity contribution >= 4 is 43.2 Å². The van der Waals surface area contributed by atoms with Gasteiger partial charge >= 0.3 is 0 Å². The van der Waals surface area contributed by atoms with Gasteiger partial charge in [0, 0.05) is 9.35 Å². The van der Waals surface area contributed by atoms with Crippen molar-refractivity contribution in [1.29, 1.82) is 0 Å². The maximum atomic E-state index is 13.2. The quantitative estimate of drug-likeness (QED) is 0.659. The van der Waals surface area contributed by atoms with Crippen LogP contribution in [-0.2, 0) is 0 Å². The Labute approximate surface area is 108 Å². The molecule has 0 radical (unpaired) electrons. The third kappa shape index (κ3) is 2.68. The van der Waals surface area contributed by atoms with Crippen molar-refractivity contribution in [1.82, 2.24) is 0 Å². The van der Waals surface area contributed by atoms with E-state index in [1.807, 2.05) is 23.6 Å². The van der Waals surface area contributed by atoms with Gasteiger partial charge in [-0.2, -0.15) is 0 Å². The Morgan fingerprint density at radius 2 is 2.07 bits per heavy atom. The largest absolute Gasteiger partial charge is 0.207 e. The standard InChI is InChI=1S/C11H7Br2FS/c12-8-4-7(5-9(14)6-8)11(13)10-2-1-3-15-10/h1-6,11H. The second-order valence-electron chi connectivity index (χ2n) is 3.08. The van der Waals surface area contributed by atoms with Gasteiger partial charge in [-0.1, -0.05) is 37.9 Å². The van der Waals surface area contributed by atoms with E-state index >= 15 is 0 Å². The van der Waals surface area contributed by atoms with E-state index in [2.05, 4.69) is 31.9 Å². The van der Waals surface area contributed by atoms with E-state index in [0.29, 0.717) is 0 Å². The number of halogens is 3. The van der Waals surface area contributed by atoms with Crippen LogP contribution in [0.25, 0.3) is 0 Å². The number of hydrogen-bond donors (Lipinski definition) is 0. The molecule has 1 aromatic carbocycles. The topological polar surface area (TPSA) is 0 Å². The smallest absolute Gasteiger partial charge is 0.124 e. The fraction of sp³-hybridized carbons (Fsp3) is 0.0909. The minimum atomic E-state index is -0.222. The molecule has 2 rings (SSSR count). The molecule has 78 valence electrons. The Balaban J connectivity index is 2.37. The Morgan fingerprint density at radius 3 is 2.67 bits per heavy atom. The molecule has 4 heteroatoms. The molecule has 1 heterocycles. The summed E-state index contributed by atoms with van der Waals surface area (Å²) in [6, 6.07) is 8.94. The molecule has 15 heavy (non-hydrogen) atoms. The van der Waals surface area contributed by atoms with Crippen molar-refractivity contribution in [3.63, 3.8) is 0 Å². The third-order valence-electron chi connectivity index (χ3n) is 1.97. The number of benzene rings is 1. The lowest BCUT2D eigenvalue weighted by molar-refractivity contribution is 0.625. The first-order valence-corrected chi connectivity index (χ1v) is 6.89. The van der Waals surface area contributed by atoms with Gasteiger partial charge in [-0.25, -0.2) is 4.39 Å². The first-order chi connectivity index (χ1) is 7.16. The molecule has 0 spiro atoms. The SMILES string of the molecule is Fc1cc(Br)cc(C(Br)c2cccs2)c1. The maximum absolute atomic E-state index is 13.2. The summed E-state index contributed by atoms with van der Waals surface area (Å²) in [4.78, 5) is 1.23. The summed E-state index contributed by atoms with van der Waals surface area (Å²) < 4.78 is 13.9. The van der Waals surface area contributed by atoms with E-state index in [4.69, 9.17) is 0 Å². The summed E-state index contributed by atoms with van der Waals surface area (Å²) >= 11 is 8.50. The number of rotatable bonds is 2. The molecule has 0 bridgehead atoms. The van der Waals surface area contributed by atoms with Crippen LogP contribution in [-0.4, -0.2) is 0 Å². The van der Waals surface area contributed by atoms with Crippen molar-refractivity contribution in [3.8, 4) is 0 Å². The number of hydrogen-bond acceptors (Lipinski definition) is 1. The summed E-state index contributed by atoms with van der Waals surface area (Å²) in [5, 5.41) is 2.01. The second kappa shape index (κ2) is 4.76. The van der Waals surface area contributed by atoms with Crippen molar-refractivity contribution in [2.75, 3.05) is 0 Å². The molecular weight excluding hydrogens is 343 g/mol. The van der Waals surface area contributed by atoms with E-state index in [1.54, 1.807) is 17.4 Å². The Hall–Kier alpha value is -0.190. The summed E-state index contributed by atoms with van der Waals surface area (Å²) in [5.41, 5.74) is 0.921. The highest BCUT2D eigenvalue weighted by Crippen LogP contribution is 2.35. The van der Waals surface area contributed by atoms with Gasteiger partial charge in [0.05, 0.1) is 4.83 Å². The van der Waals surface area contributed by atoms with Crippen LogP contribution in [0.2, 0.25) is 0 Å². The first-order valence-electron chi connectivity index (χ1n) is 4.30. The molecule has 0 nitrogen and oxygen atoms in total. The Kier molecular flexibility index (Phi) is 3.59. The Morgan fingerprint density at radius 1 is 1.27 bits per heavy atom. The average molecular weight is 350 g/mol. The number of thiophene rings is 1. The Bertz CT molecular complexity index is 433. The zero-order chi connectivity index (χ0) is 10.8. The fourth-order valence-corrected chi connectivity index (χ4v) is 3.27. The molecule has 0 aliphatic carbocycles. The lowest BCUT2D eigenvalue weighted by Crippen LogP contribution is -1.90. The maximum Gasteiger partial charge on any atom is 0.124 e. The molecule has 0 fully saturated rings. The van der Waals surface area contributed by atoms with E-state index in [-0.39, 0.29) is 10.6 Å². The van der Waals surface area contributed by atoms with E-state index < -0.39 is 0 Å². The van der Waals surface area contributed by atoms with Gasteiger partial charge < -0.3 is 0 Å².